The van der Waals surface area contributed by atoms with Crippen LogP contribution in [0.1, 0.15) is 23.0 Å². The lowest BCUT2D eigenvalue weighted by Gasteiger charge is -2.10. The molecule has 1 atom stereocenters. The molecule has 1 aromatic carbocycles. The molecule has 1 aromatic heterocycles. The van der Waals surface area contributed by atoms with Crippen LogP contribution >= 0.6 is 0 Å². The van der Waals surface area contributed by atoms with Gasteiger partial charge in [0.1, 0.15) is 5.58 Å². The summed E-state index contributed by atoms with van der Waals surface area (Å²) in [5.74, 6) is -1.05. The van der Waals surface area contributed by atoms with Gasteiger partial charge in [-0.15, -0.1) is 0 Å². The number of nitrogens with one attached hydrogen (secondary N) is 1. The SMILES string of the molecule is COC(C)CNCc1c(C(=O)O)oc2ccccc12. The summed E-state index contributed by atoms with van der Waals surface area (Å²) in [6.45, 7) is 3.03. The monoisotopic (exact) mass is 263 g/mol. The van der Waals surface area contributed by atoms with Crippen LogP contribution in [-0.4, -0.2) is 30.8 Å². The molecule has 0 aliphatic carbocycles. The lowest BCUT2D eigenvalue weighted by atomic mass is 10.1. The topological polar surface area (TPSA) is 71.7 Å². The first-order valence-electron chi connectivity index (χ1n) is 6.10. The molecule has 1 unspecified atom stereocenters. The van der Waals surface area contributed by atoms with E-state index >= 15 is 0 Å². The van der Waals surface area contributed by atoms with Crippen molar-refractivity contribution in [2.45, 2.75) is 19.6 Å². The van der Waals surface area contributed by atoms with E-state index in [1.54, 1.807) is 13.2 Å². The third-order valence-electron chi connectivity index (χ3n) is 3.03. The third kappa shape index (κ3) is 2.94. The van der Waals surface area contributed by atoms with Gasteiger partial charge in [-0.25, -0.2) is 4.79 Å². The highest BCUT2D eigenvalue weighted by Gasteiger charge is 2.19. The number of methoxy groups -OCH3 is 1. The van der Waals surface area contributed by atoms with Gasteiger partial charge in [0, 0.05) is 31.1 Å². The smallest absolute Gasteiger partial charge is 0.372 e. The molecule has 0 aliphatic rings. The number of para-hydroxylation sites is 1. The molecular formula is C14H17NO4. The Balaban J connectivity index is 2.24. The highest BCUT2D eigenvalue weighted by Crippen LogP contribution is 2.25. The molecule has 0 spiro atoms. The maximum Gasteiger partial charge on any atom is 0.372 e. The average Bonchev–Trinajstić information content (AvgIpc) is 2.78. The number of benzene rings is 1. The molecule has 102 valence electrons. The van der Waals surface area contributed by atoms with Gasteiger partial charge in [-0.3, -0.25) is 0 Å². The van der Waals surface area contributed by atoms with Crippen LogP contribution in [0.15, 0.2) is 28.7 Å². The predicted molar refractivity (Wildman–Crippen MR) is 71.4 cm³/mol. The Bertz CT molecular complexity index is 576. The lowest BCUT2D eigenvalue weighted by molar-refractivity contribution is 0.0663. The summed E-state index contributed by atoms with van der Waals surface area (Å²) in [6.07, 6.45) is 0.0754. The van der Waals surface area contributed by atoms with Crippen LogP contribution in [0.3, 0.4) is 0 Å². The first-order valence-corrected chi connectivity index (χ1v) is 6.10. The van der Waals surface area contributed by atoms with Gasteiger partial charge < -0.3 is 19.6 Å². The number of carboxylic acid groups (broad SMARTS) is 1. The van der Waals surface area contributed by atoms with Crippen LogP contribution in [0.5, 0.6) is 0 Å². The van der Waals surface area contributed by atoms with Gasteiger partial charge in [0.2, 0.25) is 5.76 Å². The molecule has 19 heavy (non-hydrogen) atoms. The fourth-order valence-corrected chi connectivity index (χ4v) is 1.93. The minimum atomic E-state index is -1.05. The number of hydrogen-bond acceptors (Lipinski definition) is 4. The Hall–Kier alpha value is -1.85. The minimum Gasteiger partial charge on any atom is -0.475 e. The van der Waals surface area contributed by atoms with Crippen molar-refractivity contribution < 1.29 is 19.1 Å². The van der Waals surface area contributed by atoms with Gasteiger partial charge in [0.25, 0.3) is 0 Å². The van der Waals surface area contributed by atoms with Crippen LogP contribution in [0.4, 0.5) is 0 Å². The molecular weight excluding hydrogens is 246 g/mol. The number of hydrogen-bond donors (Lipinski definition) is 2. The van der Waals surface area contributed by atoms with Crippen molar-refractivity contribution in [3.63, 3.8) is 0 Å². The van der Waals surface area contributed by atoms with Crippen LogP contribution in [0.25, 0.3) is 11.0 Å². The van der Waals surface area contributed by atoms with Crippen LogP contribution in [0, 0.1) is 0 Å². The Kier molecular flexibility index (Phi) is 4.19. The Morgan fingerprint density at radius 2 is 2.21 bits per heavy atom. The first kappa shape index (κ1) is 13.6. The van der Waals surface area contributed by atoms with E-state index in [4.69, 9.17) is 9.15 Å². The number of furan rings is 1. The molecule has 0 radical (unpaired) electrons. The lowest BCUT2D eigenvalue weighted by Crippen LogP contribution is -2.26. The molecule has 0 saturated heterocycles. The second-order valence-corrected chi connectivity index (χ2v) is 4.39. The van der Waals surface area contributed by atoms with Crippen LogP contribution in [0.2, 0.25) is 0 Å². The van der Waals surface area contributed by atoms with Gasteiger partial charge in [-0.05, 0) is 13.0 Å². The van der Waals surface area contributed by atoms with Crippen molar-refractivity contribution >= 4 is 16.9 Å². The van der Waals surface area contributed by atoms with E-state index in [1.807, 2.05) is 25.1 Å². The fraction of sp³-hybridized carbons (Fsp3) is 0.357. The Morgan fingerprint density at radius 3 is 2.89 bits per heavy atom. The van der Waals surface area contributed by atoms with Crippen molar-refractivity contribution in [1.29, 1.82) is 0 Å². The Labute approximate surface area is 111 Å². The minimum absolute atomic E-state index is 0.00114. The molecule has 2 aromatic rings. The van der Waals surface area contributed by atoms with Gasteiger partial charge in [-0.2, -0.15) is 0 Å². The molecule has 0 aliphatic heterocycles. The largest absolute Gasteiger partial charge is 0.475 e. The zero-order chi connectivity index (χ0) is 13.8. The summed E-state index contributed by atoms with van der Waals surface area (Å²) in [4.78, 5) is 11.2. The summed E-state index contributed by atoms with van der Waals surface area (Å²) in [5.41, 5.74) is 1.27. The molecule has 5 nitrogen and oxygen atoms in total. The van der Waals surface area contributed by atoms with Crippen molar-refractivity contribution in [2.24, 2.45) is 0 Å². The van der Waals surface area contributed by atoms with Gasteiger partial charge in [-0.1, -0.05) is 18.2 Å². The maximum absolute atomic E-state index is 11.2. The summed E-state index contributed by atoms with van der Waals surface area (Å²) in [5, 5.41) is 13.2. The summed E-state index contributed by atoms with van der Waals surface area (Å²) < 4.78 is 10.5. The van der Waals surface area contributed by atoms with E-state index < -0.39 is 5.97 Å². The van der Waals surface area contributed by atoms with Crippen LogP contribution in [-0.2, 0) is 11.3 Å². The van der Waals surface area contributed by atoms with Gasteiger partial charge >= 0.3 is 5.97 Å². The normalized spacial score (nSPS) is 12.7. The molecule has 0 amide bonds. The van der Waals surface area contributed by atoms with E-state index in [-0.39, 0.29) is 11.9 Å². The van der Waals surface area contributed by atoms with Crippen LogP contribution < -0.4 is 5.32 Å². The van der Waals surface area contributed by atoms with E-state index in [0.29, 0.717) is 24.2 Å². The van der Waals surface area contributed by atoms with E-state index in [2.05, 4.69) is 5.32 Å². The second-order valence-electron chi connectivity index (χ2n) is 4.39. The number of carbonyl (C=O) groups is 1. The zero-order valence-electron chi connectivity index (χ0n) is 11.0. The van der Waals surface area contributed by atoms with Crippen molar-refractivity contribution in [3.05, 3.63) is 35.6 Å². The molecule has 0 fully saturated rings. The maximum atomic E-state index is 11.2. The highest BCUT2D eigenvalue weighted by molar-refractivity contribution is 5.95. The summed E-state index contributed by atoms with van der Waals surface area (Å²) >= 11 is 0. The predicted octanol–water partition coefficient (Wildman–Crippen LogP) is 2.26. The first-order chi connectivity index (χ1) is 9.13. The highest BCUT2D eigenvalue weighted by atomic mass is 16.5. The van der Waals surface area contributed by atoms with Crippen molar-refractivity contribution in [1.82, 2.24) is 5.32 Å². The molecule has 5 heteroatoms. The third-order valence-corrected chi connectivity index (χ3v) is 3.03. The van der Waals surface area contributed by atoms with Crippen molar-refractivity contribution in [3.8, 4) is 0 Å². The van der Waals surface area contributed by atoms with E-state index in [0.717, 1.165) is 5.39 Å². The number of rotatable bonds is 6. The molecule has 2 N–H and O–H groups in total. The quantitative estimate of drug-likeness (QED) is 0.836. The second kappa shape index (κ2) is 5.86. The van der Waals surface area contributed by atoms with E-state index in [9.17, 15) is 9.90 Å². The number of ether oxygens (including phenoxy) is 1. The van der Waals surface area contributed by atoms with Gasteiger partial charge in [0.15, 0.2) is 0 Å². The molecule has 2 rings (SSSR count). The molecule has 0 saturated carbocycles. The number of fused-ring (bicyclic) bond motifs is 1. The Morgan fingerprint density at radius 1 is 1.47 bits per heavy atom. The number of aromatic carboxylic acids is 1. The fourth-order valence-electron chi connectivity index (χ4n) is 1.93. The molecule has 0 bridgehead atoms. The zero-order valence-corrected chi connectivity index (χ0v) is 11.0. The standard InChI is InChI=1S/C14H17NO4/c1-9(18-2)7-15-8-11-10-5-3-4-6-12(10)19-13(11)14(16)17/h3-6,9,15H,7-8H2,1-2H3,(H,16,17). The van der Waals surface area contributed by atoms with Gasteiger partial charge in [0.05, 0.1) is 6.10 Å². The summed E-state index contributed by atoms with van der Waals surface area (Å²) in [7, 11) is 1.64. The van der Waals surface area contributed by atoms with Crippen molar-refractivity contribution in [2.75, 3.05) is 13.7 Å². The average molecular weight is 263 g/mol. The summed E-state index contributed by atoms with van der Waals surface area (Å²) in [6, 6.07) is 7.32. The number of carboxylic acids is 1. The molecule has 1 heterocycles. The van der Waals surface area contributed by atoms with E-state index in [1.165, 1.54) is 0 Å².